The minimum absolute atomic E-state index is 0.996. The van der Waals surface area contributed by atoms with Gasteiger partial charge in [0.05, 0.1) is 0 Å². The fraction of sp³-hybridized carbons (Fsp3) is 0.667. The fourth-order valence-corrected chi connectivity index (χ4v) is 1.89. The molecule has 0 fully saturated rings. The highest BCUT2D eigenvalue weighted by atomic mass is 79.9. The Morgan fingerprint density at radius 3 is 2.75 bits per heavy atom. The van der Waals surface area contributed by atoms with Gasteiger partial charge < -0.3 is 4.90 Å². The maximum atomic E-state index is 4.35. The molecular formula is C12H20BrN3. The van der Waals surface area contributed by atoms with E-state index in [0.717, 1.165) is 49.2 Å². The van der Waals surface area contributed by atoms with Gasteiger partial charge in [0.25, 0.3) is 0 Å². The van der Waals surface area contributed by atoms with E-state index in [1.807, 2.05) is 0 Å². The predicted octanol–water partition coefficient (Wildman–Crippen LogP) is 3.04. The molecule has 3 nitrogen and oxygen atoms in total. The molecule has 0 saturated heterocycles. The lowest BCUT2D eigenvalue weighted by atomic mass is 10.2. The Balaban J connectivity index is 2.71. The van der Waals surface area contributed by atoms with Crippen molar-refractivity contribution in [2.75, 3.05) is 23.3 Å². The molecule has 1 heterocycles. The quantitative estimate of drug-likeness (QED) is 0.721. The third kappa shape index (κ3) is 4.08. The molecule has 0 aliphatic rings. The predicted molar refractivity (Wildman–Crippen MR) is 72.3 cm³/mol. The van der Waals surface area contributed by atoms with E-state index < -0.39 is 0 Å². The van der Waals surface area contributed by atoms with Crippen LogP contribution in [0.25, 0.3) is 0 Å². The summed E-state index contributed by atoms with van der Waals surface area (Å²) < 4.78 is 0. The molecule has 0 saturated carbocycles. The monoisotopic (exact) mass is 285 g/mol. The number of aromatic nitrogens is 2. The molecule has 0 N–H and O–H groups in total. The van der Waals surface area contributed by atoms with Crippen molar-refractivity contribution in [3.05, 3.63) is 18.1 Å². The number of nitrogens with zero attached hydrogens (tertiary/aromatic N) is 3. The second kappa shape index (κ2) is 7.60. The fourth-order valence-electron chi connectivity index (χ4n) is 1.64. The number of hydrogen-bond donors (Lipinski definition) is 0. The highest BCUT2D eigenvalue weighted by Gasteiger charge is 2.06. The largest absolute Gasteiger partial charge is 0.357 e. The molecule has 0 bridgehead atoms. The Labute approximate surface area is 106 Å². The summed E-state index contributed by atoms with van der Waals surface area (Å²) >= 11 is 3.46. The molecule has 0 amide bonds. The summed E-state index contributed by atoms with van der Waals surface area (Å²) in [5.74, 6) is 1.06. The van der Waals surface area contributed by atoms with Crippen LogP contribution in [0.3, 0.4) is 0 Å². The van der Waals surface area contributed by atoms with Crippen molar-refractivity contribution in [3.63, 3.8) is 0 Å². The first kappa shape index (κ1) is 13.4. The van der Waals surface area contributed by atoms with E-state index in [9.17, 15) is 0 Å². The number of halogens is 1. The van der Waals surface area contributed by atoms with Gasteiger partial charge in [-0.2, -0.15) is 0 Å². The zero-order chi connectivity index (χ0) is 11.8. The van der Waals surface area contributed by atoms with E-state index in [-0.39, 0.29) is 0 Å². The summed E-state index contributed by atoms with van der Waals surface area (Å²) in [6, 6.07) is 2.11. The lowest BCUT2D eigenvalue weighted by molar-refractivity contribution is 0.775. The molecule has 90 valence electrons. The van der Waals surface area contributed by atoms with Gasteiger partial charge in [-0.3, -0.25) is 0 Å². The Bertz CT molecular complexity index is 304. The summed E-state index contributed by atoms with van der Waals surface area (Å²) in [5, 5.41) is 1.04. The minimum atomic E-state index is 0.996. The van der Waals surface area contributed by atoms with Crippen LogP contribution < -0.4 is 4.90 Å². The highest BCUT2D eigenvalue weighted by Crippen LogP contribution is 2.12. The maximum absolute atomic E-state index is 4.35. The van der Waals surface area contributed by atoms with E-state index in [1.165, 1.54) is 0 Å². The average Bonchev–Trinajstić information content (AvgIpc) is 2.31. The van der Waals surface area contributed by atoms with Gasteiger partial charge in [-0.25, -0.2) is 9.97 Å². The van der Waals surface area contributed by atoms with E-state index in [1.54, 1.807) is 6.33 Å². The van der Waals surface area contributed by atoms with E-state index in [2.05, 4.69) is 50.7 Å². The summed E-state index contributed by atoms with van der Waals surface area (Å²) in [7, 11) is 0. The van der Waals surface area contributed by atoms with Crippen molar-refractivity contribution in [1.82, 2.24) is 9.97 Å². The highest BCUT2D eigenvalue weighted by molar-refractivity contribution is 9.09. The summed E-state index contributed by atoms with van der Waals surface area (Å²) in [4.78, 5) is 10.9. The number of aryl methyl sites for hydroxylation is 1. The van der Waals surface area contributed by atoms with Crippen LogP contribution in [0.15, 0.2) is 12.4 Å². The number of hydrogen-bond acceptors (Lipinski definition) is 3. The summed E-state index contributed by atoms with van der Waals surface area (Å²) in [6.45, 7) is 6.37. The molecule has 0 atom stereocenters. The Hall–Kier alpha value is -0.640. The topological polar surface area (TPSA) is 29.0 Å². The smallest absolute Gasteiger partial charge is 0.132 e. The SMILES string of the molecule is CCCc1cc(N(CC)CCCBr)ncn1. The number of alkyl halides is 1. The molecule has 0 aliphatic heterocycles. The zero-order valence-corrected chi connectivity index (χ0v) is 11.7. The van der Waals surface area contributed by atoms with Crippen LogP contribution in [0.1, 0.15) is 32.4 Å². The van der Waals surface area contributed by atoms with Gasteiger partial charge in [-0.05, 0) is 19.8 Å². The first-order valence-electron chi connectivity index (χ1n) is 5.93. The molecule has 1 rings (SSSR count). The van der Waals surface area contributed by atoms with Gasteiger partial charge in [0.15, 0.2) is 0 Å². The third-order valence-corrected chi connectivity index (χ3v) is 3.04. The summed E-state index contributed by atoms with van der Waals surface area (Å²) in [5.41, 5.74) is 1.14. The van der Waals surface area contributed by atoms with Crippen molar-refractivity contribution in [1.29, 1.82) is 0 Å². The van der Waals surface area contributed by atoms with Crippen LogP contribution >= 0.6 is 15.9 Å². The van der Waals surface area contributed by atoms with Crippen molar-refractivity contribution < 1.29 is 0 Å². The molecule has 0 aromatic carbocycles. The standard InChI is InChI=1S/C12H20BrN3/c1-3-6-11-9-12(15-10-14-11)16(4-2)8-5-7-13/h9-10H,3-8H2,1-2H3. The number of anilines is 1. The molecule has 1 aromatic heterocycles. The normalized spacial score (nSPS) is 10.4. The second-order valence-corrected chi connectivity index (χ2v) is 4.53. The van der Waals surface area contributed by atoms with Gasteiger partial charge in [0, 0.05) is 30.2 Å². The van der Waals surface area contributed by atoms with Gasteiger partial charge in [0.2, 0.25) is 0 Å². The molecule has 0 unspecified atom stereocenters. The van der Waals surface area contributed by atoms with Crippen molar-refractivity contribution in [3.8, 4) is 0 Å². The van der Waals surface area contributed by atoms with Crippen molar-refractivity contribution in [2.24, 2.45) is 0 Å². The Kier molecular flexibility index (Phi) is 6.38. The third-order valence-electron chi connectivity index (χ3n) is 2.48. The Morgan fingerprint density at radius 1 is 1.31 bits per heavy atom. The lowest BCUT2D eigenvalue weighted by Crippen LogP contribution is -2.25. The van der Waals surface area contributed by atoms with Gasteiger partial charge in [-0.15, -0.1) is 0 Å². The Morgan fingerprint density at radius 2 is 2.12 bits per heavy atom. The van der Waals surface area contributed by atoms with Gasteiger partial charge in [-0.1, -0.05) is 29.3 Å². The first-order valence-corrected chi connectivity index (χ1v) is 7.05. The lowest BCUT2D eigenvalue weighted by Gasteiger charge is -2.21. The molecule has 16 heavy (non-hydrogen) atoms. The van der Waals surface area contributed by atoms with Crippen LogP contribution in [-0.2, 0) is 6.42 Å². The molecular weight excluding hydrogens is 266 g/mol. The minimum Gasteiger partial charge on any atom is -0.357 e. The molecule has 0 aliphatic carbocycles. The molecule has 4 heteroatoms. The second-order valence-electron chi connectivity index (χ2n) is 3.74. The van der Waals surface area contributed by atoms with Gasteiger partial charge in [0.1, 0.15) is 12.1 Å². The van der Waals surface area contributed by atoms with Crippen molar-refractivity contribution >= 4 is 21.7 Å². The average molecular weight is 286 g/mol. The van der Waals surface area contributed by atoms with Crippen LogP contribution in [0, 0.1) is 0 Å². The molecule has 0 spiro atoms. The number of rotatable bonds is 7. The van der Waals surface area contributed by atoms with Crippen LogP contribution in [0.2, 0.25) is 0 Å². The first-order chi connectivity index (χ1) is 7.81. The summed E-state index contributed by atoms with van der Waals surface area (Å²) in [6.07, 6.45) is 4.98. The van der Waals surface area contributed by atoms with E-state index in [4.69, 9.17) is 0 Å². The van der Waals surface area contributed by atoms with Gasteiger partial charge >= 0.3 is 0 Å². The van der Waals surface area contributed by atoms with Crippen molar-refractivity contribution in [2.45, 2.75) is 33.1 Å². The zero-order valence-electron chi connectivity index (χ0n) is 10.1. The van der Waals surface area contributed by atoms with E-state index in [0.29, 0.717) is 0 Å². The van der Waals surface area contributed by atoms with E-state index >= 15 is 0 Å². The van der Waals surface area contributed by atoms with Crippen LogP contribution in [0.5, 0.6) is 0 Å². The maximum Gasteiger partial charge on any atom is 0.132 e. The molecule has 0 radical (unpaired) electrons. The van der Waals surface area contributed by atoms with Crippen LogP contribution in [-0.4, -0.2) is 28.4 Å². The molecule has 1 aromatic rings. The van der Waals surface area contributed by atoms with Crippen LogP contribution in [0.4, 0.5) is 5.82 Å².